The number of para-hydroxylation sites is 1. The van der Waals surface area contributed by atoms with E-state index in [0.29, 0.717) is 18.0 Å². The quantitative estimate of drug-likeness (QED) is 0.333. The molecule has 0 spiro atoms. The van der Waals surface area contributed by atoms with Gasteiger partial charge in [0.05, 0.1) is 6.04 Å². The summed E-state index contributed by atoms with van der Waals surface area (Å²) in [5, 5.41) is 0. The third kappa shape index (κ3) is 4.53. The lowest BCUT2D eigenvalue weighted by Gasteiger charge is -2.60. The van der Waals surface area contributed by atoms with Crippen LogP contribution >= 0.6 is 0 Å². The van der Waals surface area contributed by atoms with E-state index < -0.39 is 0 Å². The zero-order valence-corrected chi connectivity index (χ0v) is 26.7. The monoisotopic (exact) mass is 564 g/mol. The first-order chi connectivity index (χ1) is 20.7. The average molecular weight is 565 g/mol. The van der Waals surface area contributed by atoms with Crippen LogP contribution in [-0.2, 0) is 5.66 Å². The molecule has 3 saturated carbocycles. The fourth-order valence-electron chi connectivity index (χ4n) is 11.0. The van der Waals surface area contributed by atoms with Crippen molar-refractivity contribution < 1.29 is 0 Å². The van der Waals surface area contributed by atoms with Crippen LogP contribution in [0.2, 0.25) is 0 Å². The van der Waals surface area contributed by atoms with E-state index in [2.05, 4.69) is 90.4 Å². The highest BCUT2D eigenvalue weighted by Crippen LogP contribution is 2.63. The second-order valence-electron chi connectivity index (χ2n) is 14.8. The molecule has 5 aliphatic rings. The van der Waals surface area contributed by atoms with Gasteiger partial charge in [-0.05, 0) is 81.4 Å². The molecule has 3 unspecified atom stereocenters. The maximum absolute atomic E-state index is 3.28. The van der Waals surface area contributed by atoms with Gasteiger partial charge in [0.25, 0.3) is 0 Å². The Labute approximate surface area is 257 Å². The summed E-state index contributed by atoms with van der Waals surface area (Å²) in [7, 11) is 0. The molecule has 2 aromatic carbocycles. The minimum absolute atomic E-state index is 0.134. The summed E-state index contributed by atoms with van der Waals surface area (Å²) >= 11 is 0. The lowest BCUT2D eigenvalue weighted by molar-refractivity contribution is -0.0781. The number of hydrogen-bond acceptors (Lipinski definition) is 2. The van der Waals surface area contributed by atoms with Crippen molar-refractivity contribution in [3.8, 4) is 0 Å². The maximum atomic E-state index is 3.28. The van der Waals surface area contributed by atoms with Crippen molar-refractivity contribution in [2.45, 2.75) is 146 Å². The molecule has 2 heterocycles. The van der Waals surface area contributed by atoms with Crippen molar-refractivity contribution in [3.63, 3.8) is 0 Å². The van der Waals surface area contributed by atoms with Crippen LogP contribution < -0.4 is 4.90 Å². The van der Waals surface area contributed by atoms with E-state index in [4.69, 9.17) is 0 Å². The van der Waals surface area contributed by atoms with E-state index in [-0.39, 0.29) is 11.2 Å². The lowest BCUT2D eigenvalue weighted by Crippen LogP contribution is -2.67. The number of benzene rings is 2. The molecule has 2 nitrogen and oxygen atoms in total. The first-order valence-electron chi connectivity index (χ1n) is 18.1. The van der Waals surface area contributed by atoms with Gasteiger partial charge in [0.1, 0.15) is 5.66 Å². The molecule has 0 aromatic heterocycles. The zero-order chi connectivity index (χ0) is 28.6. The number of hydrogen-bond donors (Lipinski definition) is 0. The van der Waals surface area contributed by atoms with Gasteiger partial charge in [-0.1, -0.05) is 131 Å². The molecule has 3 aliphatic carbocycles. The summed E-state index contributed by atoms with van der Waals surface area (Å²) in [5.74, 6) is 2.18. The Kier molecular flexibility index (Phi) is 8.30. The average Bonchev–Trinajstić information content (AvgIpc) is 3.77. The van der Waals surface area contributed by atoms with Gasteiger partial charge >= 0.3 is 0 Å². The molecule has 2 aromatic rings. The van der Waals surface area contributed by atoms with E-state index in [9.17, 15) is 0 Å². The van der Waals surface area contributed by atoms with Gasteiger partial charge in [-0.25, -0.2) is 0 Å². The van der Waals surface area contributed by atoms with E-state index >= 15 is 0 Å². The van der Waals surface area contributed by atoms with Crippen LogP contribution in [0.1, 0.15) is 127 Å². The van der Waals surface area contributed by atoms with Crippen molar-refractivity contribution in [1.82, 2.24) is 4.90 Å². The summed E-state index contributed by atoms with van der Waals surface area (Å²) in [6.45, 7) is 4.95. The van der Waals surface area contributed by atoms with Gasteiger partial charge in [-0.2, -0.15) is 0 Å². The van der Waals surface area contributed by atoms with Gasteiger partial charge in [-0.3, -0.25) is 4.90 Å². The molecule has 2 aliphatic heterocycles. The molecule has 42 heavy (non-hydrogen) atoms. The van der Waals surface area contributed by atoms with Crippen LogP contribution in [0.15, 0.2) is 66.7 Å². The fraction of sp³-hybridized carbons (Fsp3) is 0.650. The lowest BCUT2D eigenvalue weighted by atomic mass is 9.64. The highest BCUT2D eigenvalue weighted by molar-refractivity contribution is 5.61. The van der Waals surface area contributed by atoms with Crippen molar-refractivity contribution >= 4 is 5.69 Å². The van der Waals surface area contributed by atoms with E-state index in [0.717, 1.165) is 11.8 Å². The first-order valence-corrected chi connectivity index (χ1v) is 18.1. The Bertz CT molecular complexity index is 1200. The molecule has 2 heteroatoms. The maximum Gasteiger partial charge on any atom is 0.124 e. The second-order valence-corrected chi connectivity index (χ2v) is 14.8. The normalized spacial score (nSPS) is 33.9. The van der Waals surface area contributed by atoms with Gasteiger partial charge in [0.15, 0.2) is 0 Å². The molecule has 7 rings (SSSR count). The van der Waals surface area contributed by atoms with Crippen LogP contribution in [0, 0.1) is 24.7 Å². The predicted octanol–water partition coefficient (Wildman–Crippen LogP) is 10.6. The summed E-state index contributed by atoms with van der Waals surface area (Å²) in [6.07, 6.45) is 29.5. The number of anilines is 1. The van der Waals surface area contributed by atoms with Crippen LogP contribution in [0.4, 0.5) is 5.69 Å². The number of aryl methyl sites for hydroxylation is 1. The molecule has 0 bridgehead atoms. The molecule has 1 saturated heterocycles. The number of fused-ring (bicyclic) bond motifs is 1. The summed E-state index contributed by atoms with van der Waals surface area (Å²) in [4.78, 5) is 6.29. The summed E-state index contributed by atoms with van der Waals surface area (Å²) in [5.41, 5.74) is 4.50. The van der Waals surface area contributed by atoms with Crippen LogP contribution in [0.5, 0.6) is 0 Å². The highest BCUT2D eigenvalue weighted by atomic mass is 15.5. The van der Waals surface area contributed by atoms with Gasteiger partial charge in [-0.15, -0.1) is 0 Å². The van der Waals surface area contributed by atoms with Crippen molar-refractivity contribution in [2.75, 3.05) is 4.90 Å². The van der Waals surface area contributed by atoms with Crippen molar-refractivity contribution in [3.05, 3.63) is 77.9 Å². The molecular weight excluding hydrogens is 508 g/mol. The summed E-state index contributed by atoms with van der Waals surface area (Å²) in [6, 6.07) is 22.3. The topological polar surface area (TPSA) is 6.48 Å². The highest BCUT2D eigenvalue weighted by Gasteiger charge is 2.69. The third-order valence-corrected chi connectivity index (χ3v) is 12.7. The Morgan fingerprint density at radius 2 is 1.10 bits per heavy atom. The minimum Gasteiger partial charge on any atom is -0.344 e. The standard InChI is InChI=1S/C40H56N2/c1-31-19-15-18-28-37(31)41-32(2)38-29-30-39(34-22-16-17-23-34,33-20-11-7-12-21-33)42(38)40(41,36-26-13-8-14-27-36)35-24-9-5-3-4-6-10-25-35/h8,13-15,18-19,26-30,32-35,38H,3-7,9-12,16-17,20-25H2,1-2H3/t32-,38?,39?,40?/m0/s1. The Hall–Kier alpha value is -2.06. The Morgan fingerprint density at radius 3 is 1.71 bits per heavy atom. The molecular formula is C40H56N2. The number of nitrogens with zero attached hydrogens (tertiary/aromatic N) is 2. The molecule has 0 N–H and O–H groups in total. The molecule has 226 valence electrons. The van der Waals surface area contributed by atoms with E-state index in [1.165, 1.54) is 120 Å². The van der Waals surface area contributed by atoms with E-state index in [1.807, 2.05) is 0 Å². The van der Waals surface area contributed by atoms with Crippen molar-refractivity contribution in [2.24, 2.45) is 17.8 Å². The molecule has 4 fully saturated rings. The Balaban J connectivity index is 1.51. The van der Waals surface area contributed by atoms with Crippen LogP contribution in [0.3, 0.4) is 0 Å². The Morgan fingerprint density at radius 1 is 0.595 bits per heavy atom. The van der Waals surface area contributed by atoms with Gasteiger partial charge in [0, 0.05) is 23.2 Å². The van der Waals surface area contributed by atoms with Gasteiger partial charge in [0.2, 0.25) is 0 Å². The van der Waals surface area contributed by atoms with Crippen molar-refractivity contribution in [1.29, 1.82) is 0 Å². The largest absolute Gasteiger partial charge is 0.344 e. The third-order valence-electron chi connectivity index (χ3n) is 12.7. The molecule has 4 atom stereocenters. The van der Waals surface area contributed by atoms with E-state index in [1.54, 1.807) is 5.56 Å². The molecule has 0 radical (unpaired) electrons. The number of rotatable bonds is 5. The van der Waals surface area contributed by atoms with Gasteiger partial charge < -0.3 is 4.90 Å². The second kappa shape index (κ2) is 12.1. The SMILES string of the molecule is Cc1ccccc1N1[C@@H](C)C2C=CC(C3CCCCC3)(C3CCCC3)N2C1(c1ccccc1)C1CCCCCCCC1. The fourth-order valence-corrected chi connectivity index (χ4v) is 11.0. The predicted molar refractivity (Wildman–Crippen MR) is 178 cm³/mol. The zero-order valence-electron chi connectivity index (χ0n) is 26.7. The smallest absolute Gasteiger partial charge is 0.124 e. The summed E-state index contributed by atoms with van der Waals surface area (Å²) < 4.78 is 0. The first kappa shape index (κ1) is 28.7. The minimum atomic E-state index is -0.134. The van der Waals surface area contributed by atoms with Crippen LogP contribution in [0.25, 0.3) is 0 Å². The van der Waals surface area contributed by atoms with Crippen LogP contribution in [-0.4, -0.2) is 22.5 Å². The molecule has 0 amide bonds.